The van der Waals surface area contributed by atoms with Gasteiger partial charge in [-0.2, -0.15) is 0 Å². The SMILES string of the molecule is CCOc1ccc(C(=O)NCCc2nc3ccccc3s2)cc1OC. The fraction of sp³-hybridized carbons (Fsp3) is 0.263. The van der Waals surface area contributed by atoms with Gasteiger partial charge in [0.1, 0.15) is 0 Å². The van der Waals surface area contributed by atoms with Crippen molar-refractivity contribution in [2.75, 3.05) is 20.3 Å². The highest BCUT2D eigenvalue weighted by atomic mass is 32.1. The van der Waals surface area contributed by atoms with Gasteiger partial charge in [-0.3, -0.25) is 4.79 Å². The molecule has 0 radical (unpaired) electrons. The summed E-state index contributed by atoms with van der Waals surface area (Å²) in [7, 11) is 1.56. The van der Waals surface area contributed by atoms with Gasteiger partial charge in [0.25, 0.3) is 5.91 Å². The average molecular weight is 356 g/mol. The number of ether oxygens (including phenoxy) is 2. The summed E-state index contributed by atoms with van der Waals surface area (Å²) >= 11 is 1.66. The molecule has 0 saturated heterocycles. The van der Waals surface area contributed by atoms with Crippen molar-refractivity contribution in [2.45, 2.75) is 13.3 Å². The molecule has 2 aromatic carbocycles. The minimum Gasteiger partial charge on any atom is -0.493 e. The van der Waals surface area contributed by atoms with Crippen molar-refractivity contribution in [1.82, 2.24) is 10.3 Å². The second-order valence-corrected chi connectivity index (χ2v) is 6.50. The summed E-state index contributed by atoms with van der Waals surface area (Å²) in [5, 5.41) is 3.95. The topological polar surface area (TPSA) is 60.5 Å². The lowest BCUT2D eigenvalue weighted by Gasteiger charge is -2.11. The summed E-state index contributed by atoms with van der Waals surface area (Å²) < 4.78 is 11.9. The summed E-state index contributed by atoms with van der Waals surface area (Å²) in [6.45, 7) is 2.99. The number of thiazole rings is 1. The van der Waals surface area contributed by atoms with Crippen molar-refractivity contribution in [1.29, 1.82) is 0 Å². The van der Waals surface area contributed by atoms with Crippen molar-refractivity contribution in [3.05, 3.63) is 53.0 Å². The van der Waals surface area contributed by atoms with Gasteiger partial charge in [-0.15, -0.1) is 11.3 Å². The largest absolute Gasteiger partial charge is 0.493 e. The van der Waals surface area contributed by atoms with E-state index in [1.807, 2.05) is 25.1 Å². The molecule has 130 valence electrons. The van der Waals surface area contributed by atoms with E-state index in [1.165, 1.54) is 4.70 Å². The third kappa shape index (κ3) is 4.09. The molecular formula is C19H20N2O3S. The van der Waals surface area contributed by atoms with Gasteiger partial charge in [-0.05, 0) is 37.3 Å². The highest BCUT2D eigenvalue weighted by Gasteiger charge is 2.11. The fourth-order valence-corrected chi connectivity index (χ4v) is 3.46. The van der Waals surface area contributed by atoms with Crippen LogP contribution in [-0.4, -0.2) is 31.2 Å². The monoisotopic (exact) mass is 356 g/mol. The highest BCUT2D eigenvalue weighted by molar-refractivity contribution is 7.18. The van der Waals surface area contributed by atoms with Crippen molar-refractivity contribution >= 4 is 27.5 Å². The molecule has 0 bridgehead atoms. The number of benzene rings is 2. The maximum absolute atomic E-state index is 12.3. The lowest BCUT2D eigenvalue weighted by molar-refractivity contribution is 0.0953. The molecule has 3 rings (SSSR count). The van der Waals surface area contributed by atoms with Gasteiger partial charge in [0.2, 0.25) is 0 Å². The Morgan fingerprint density at radius 1 is 1.20 bits per heavy atom. The van der Waals surface area contributed by atoms with Crippen LogP contribution in [0.2, 0.25) is 0 Å². The number of hydrogen-bond acceptors (Lipinski definition) is 5. The smallest absolute Gasteiger partial charge is 0.251 e. The number of fused-ring (bicyclic) bond motifs is 1. The van der Waals surface area contributed by atoms with E-state index in [1.54, 1.807) is 36.6 Å². The molecule has 25 heavy (non-hydrogen) atoms. The van der Waals surface area contributed by atoms with Crippen LogP contribution in [0.5, 0.6) is 11.5 Å². The standard InChI is InChI=1S/C19H20N2O3S/c1-3-24-15-9-8-13(12-16(15)23-2)19(22)20-11-10-18-21-14-6-4-5-7-17(14)25-18/h4-9,12H,3,10-11H2,1-2H3,(H,20,22). The van der Waals surface area contributed by atoms with Gasteiger partial charge in [0, 0.05) is 18.5 Å². The Kier molecular flexibility index (Phi) is 5.50. The second-order valence-electron chi connectivity index (χ2n) is 5.38. The van der Waals surface area contributed by atoms with Gasteiger partial charge in [0.15, 0.2) is 11.5 Å². The minimum absolute atomic E-state index is 0.137. The van der Waals surface area contributed by atoms with Crippen LogP contribution in [-0.2, 0) is 6.42 Å². The molecule has 1 aromatic heterocycles. The molecule has 6 heteroatoms. The van der Waals surface area contributed by atoms with Crippen molar-refractivity contribution in [2.24, 2.45) is 0 Å². The summed E-state index contributed by atoms with van der Waals surface area (Å²) in [6, 6.07) is 13.2. The number of rotatable bonds is 7. The number of carbonyl (C=O) groups is 1. The fourth-order valence-electron chi connectivity index (χ4n) is 2.50. The van der Waals surface area contributed by atoms with Crippen molar-refractivity contribution < 1.29 is 14.3 Å². The Morgan fingerprint density at radius 2 is 2.04 bits per heavy atom. The Hall–Kier alpha value is -2.60. The molecule has 1 heterocycles. The summed E-state index contributed by atoms with van der Waals surface area (Å²) in [4.78, 5) is 16.9. The lowest BCUT2D eigenvalue weighted by Crippen LogP contribution is -2.25. The molecule has 5 nitrogen and oxygen atoms in total. The van der Waals surface area contributed by atoms with E-state index in [2.05, 4.69) is 16.4 Å². The number of aromatic nitrogens is 1. The number of hydrogen-bond donors (Lipinski definition) is 1. The molecule has 0 unspecified atom stereocenters. The number of carbonyl (C=O) groups excluding carboxylic acids is 1. The minimum atomic E-state index is -0.137. The number of nitrogens with zero attached hydrogens (tertiary/aromatic N) is 1. The third-order valence-electron chi connectivity index (χ3n) is 3.69. The van der Waals surface area contributed by atoms with Crippen LogP contribution in [0, 0.1) is 0 Å². The number of methoxy groups -OCH3 is 1. The quantitative estimate of drug-likeness (QED) is 0.702. The molecule has 0 fully saturated rings. The van der Waals surface area contributed by atoms with E-state index in [-0.39, 0.29) is 5.91 Å². The van der Waals surface area contributed by atoms with Crippen LogP contribution >= 0.6 is 11.3 Å². The van der Waals surface area contributed by atoms with Gasteiger partial charge in [-0.25, -0.2) is 4.98 Å². The molecule has 1 amide bonds. The Morgan fingerprint density at radius 3 is 2.80 bits per heavy atom. The number of para-hydroxylation sites is 1. The zero-order valence-electron chi connectivity index (χ0n) is 14.2. The number of nitrogens with one attached hydrogen (secondary N) is 1. The first-order valence-corrected chi connectivity index (χ1v) is 8.96. The van der Waals surface area contributed by atoms with E-state index in [0.717, 1.165) is 10.5 Å². The molecule has 3 aromatic rings. The Bertz CT molecular complexity index is 843. The number of amides is 1. The van der Waals surface area contributed by atoms with Crippen LogP contribution in [0.3, 0.4) is 0 Å². The van der Waals surface area contributed by atoms with Gasteiger partial charge in [0.05, 0.1) is 28.9 Å². The van der Waals surface area contributed by atoms with Crippen LogP contribution in [0.15, 0.2) is 42.5 Å². The predicted octanol–water partition coefficient (Wildman–Crippen LogP) is 3.68. The van der Waals surface area contributed by atoms with E-state index < -0.39 is 0 Å². The maximum atomic E-state index is 12.3. The average Bonchev–Trinajstić information content (AvgIpc) is 3.05. The van der Waals surface area contributed by atoms with Crippen LogP contribution < -0.4 is 14.8 Å². The summed E-state index contributed by atoms with van der Waals surface area (Å²) in [5.41, 5.74) is 1.55. The van der Waals surface area contributed by atoms with E-state index in [9.17, 15) is 4.79 Å². The van der Waals surface area contributed by atoms with E-state index >= 15 is 0 Å². The van der Waals surface area contributed by atoms with Crippen LogP contribution in [0.1, 0.15) is 22.3 Å². The molecule has 0 saturated carbocycles. The first kappa shape index (κ1) is 17.2. The van der Waals surface area contributed by atoms with Gasteiger partial charge < -0.3 is 14.8 Å². The third-order valence-corrected chi connectivity index (χ3v) is 4.78. The van der Waals surface area contributed by atoms with Crippen LogP contribution in [0.25, 0.3) is 10.2 Å². The van der Waals surface area contributed by atoms with Crippen LogP contribution in [0.4, 0.5) is 0 Å². The van der Waals surface area contributed by atoms with Gasteiger partial charge >= 0.3 is 0 Å². The summed E-state index contributed by atoms with van der Waals surface area (Å²) in [5.74, 6) is 1.05. The van der Waals surface area contributed by atoms with Crippen molar-refractivity contribution in [3.63, 3.8) is 0 Å². The van der Waals surface area contributed by atoms with E-state index in [4.69, 9.17) is 9.47 Å². The summed E-state index contributed by atoms with van der Waals surface area (Å²) in [6.07, 6.45) is 0.708. The zero-order valence-corrected chi connectivity index (χ0v) is 15.1. The first-order chi connectivity index (χ1) is 12.2. The van der Waals surface area contributed by atoms with Crippen molar-refractivity contribution in [3.8, 4) is 11.5 Å². The molecule has 0 aliphatic carbocycles. The molecule has 0 aliphatic heterocycles. The zero-order chi connectivity index (χ0) is 17.6. The molecule has 1 N–H and O–H groups in total. The highest BCUT2D eigenvalue weighted by Crippen LogP contribution is 2.28. The predicted molar refractivity (Wildman–Crippen MR) is 99.8 cm³/mol. The molecular weight excluding hydrogens is 336 g/mol. The Balaban J connectivity index is 1.60. The molecule has 0 spiro atoms. The molecule has 0 atom stereocenters. The normalized spacial score (nSPS) is 10.6. The molecule has 0 aliphatic rings. The second kappa shape index (κ2) is 7.98. The maximum Gasteiger partial charge on any atom is 0.251 e. The Labute approximate surface area is 150 Å². The first-order valence-electron chi connectivity index (χ1n) is 8.14. The van der Waals surface area contributed by atoms with Gasteiger partial charge in [-0.1, -0.05) is 12.1 Å². The lowest BCUT2D eigenvalue weighted by atomic mass is 10.2. The van der Waals surface area contributed by atoms with E-state index in [0.29, 0.717) is 36.6 Å².